The molecule has 1 atom stereocenters. The smallest absolute Gasteiger partial charge is 0.408 e. The van der Waals surface area contributed by atoms with Gasteiger partial charge < -0.3 is 15.2 Å². The zero-order valence-electron chi connectivity index (χ0n) is 11.1. The number of carboxylic acids is 1. The van der Waals surface area contributed by atoms with Crippen LogP contribution in [0.2, 0.25) is 0 Å². The number of nitrogens with one attached hydrogen (secondary N) is 1. The highest BCUT2D eigenvalue weighted by molar-refractivity contribution is 5.80. The maximum Gasteiger partial charge on any atom is 0.408 e. The first-order chi connectivity index (χ1) is 9.87. The number of ether oxygens (including phenoxy) is 1. The van der Waals surface area contributed by atoms with E-state index in [-0.39, 0.29) is 6.61 Å². The van der Waals surface area contributed by atoms with Crippen LogP contribution >= 0.6 is 0 Å². The van der Waals surface area contributed by atoms with Gasteiger partial charge in [0, 0.05) is 18.8 Å². The molecular formula is C14H15F2NO4. The van der Waals surface area contributed by atoms with Crippen LogP contribution in [-0.4, -0.2) is 29.1 Å². The molecule has 0 bridgehead atoms. The van der Waals surface area contributed by atoms with Gasteiger partial charge in [0.2, 0.25) is 5.92 Å². The molecular weight excluding hydrogens is 284 g/mol. The Labute approximate surface area is 119 Å². The van der Waals surface area contributed by atoms with Crippen molar-refractivity contribution in [2.75, 3.05) is 0 Å². The second-order valence-electron chi connectivity index (χ2n) is 5.05. The van der Waals surface area contributed by atoms with Crippen LogP contribution in [0.25, 0.3) is 0 Å². The lowest BCUT2D eigenvalue weighted by molar-refractivity contribution is -0.152. The van der Waals surface area contributed by atoms with Gasteiger partial charge in [-0.15, -0.1) is 0 Å². The highest BCUT2D eigenvalue weighted by atomic mass is 19.3. The van der Waals surface area contributed by atoms with Crippen LogP contribution in [0.5, 0.6) is 0 Å². The number of benzene rings is 1. The third kappa shape index (κ3) is 4.14. The molecule has 0 radical (unpaired) electrons. The van der Waals surface area contributed by atoms with Gasteiger partial charge >= 0.3 is 12.1 Å². The first-order valence-electron chi connectivity index (χ1n) is 6.45. The first-order valence-corrected chi connectivity index (χ1v) is 6.45. The summed E-state index contributed by atoms with van der Waals surface area (Å²) in [4.78, 5) is 22.6. The number of carbonyl (C=O) groups excluding carboxylic acids is 1. The highest BCUT2D eigenvalue weighted by Gasteiger charge is 2.51. The van der Waals surface area contributed by atoms with Gasteiger partial charge in [0.05, 0.1) is 0 Å². The molecule has 5 nitrogen and oxygen atoms in total. The van der Waals surface area contributed by atoms with Crippen LogP contribution in [0, 0.1) is 5.92 Å². The van der Waals surface area contributed by atoms with Crippen molar-refractivity contribution in [3.05, 3.63) is 35.9 Å². The number of hydrogen-bond acceptors (Lipinski definition) is 3. The van der Waals surface area contributed by atoms with Crippen molar-refractivity contribution in [2.45, 2.75) is 31.4 Å². The fourth-order valence-corrected chi connectivity index (χ4v) is 2.22. The van der Waals surface area contributed by atoms with Gasteiger partial charge in [0.25, 0.3) is 0 Å². The van der Waals surface area contributed by atoms with Gasteiger partial charge in [-0.1, -0.05) is 30.3 Å². The van der Waals surface area contributed by atoms with Gasteiger partial charge in [-0.3, -0.25) is 0 Å². The van der Waals surface area contributed by atoms with E-state index in [2.05, 4.69) is 5.32 Å². The zero-order chi connectivity index (χ0) is 15.5. The van der Waals surface area contributed by atoms with Crippen molar-refractivity contribution in [1.82, 2.24) is 5.32 Å². The van der Waals surface area contributed by atoms with E-state index in [9.17, 15) is 18.4 Å². The highest BCUT2D eigenvalue weighted by Crippen LogP contribution is 2.44. The van der Waals surface area contributed by atoms with E-state index in [1.807, 2.05) is 0 Å². The molecule has 0 spiro atoms. The predicted molar refractivity (Wildman–Crippen MR) is 68.9 cm³/mol. The van der Waals surface area contributed by atoms with Crippen LogP contribution in [0.3, 0.4) is 0 Å². The minimum atomic E-state index is -2.84. The summed E-state index contributed by atoms with van der Waals surface area (Å²) in [6.45, 7) is -0.0140. The van der Waals surface area contributed by atoms with Crippen LogP contribution < -0.4 is 5.32 Å². The average Bonchev–Trinajstić information content (AvgIpc) is 2.40. The van der Waals surface area contributed by atoms with Crippen LogP contribution in [-0.2, 0) is 16.1 Å². The number of hydrogen-bond donors (Lipinski definition) is 2. The fourth-order valence-electron chi connectivity index (χ4n) is 2.22. The second kappa shape index (κ2) is 6.07. The summed E-state index contributed by atoms with van der Waals surface area (Å²) >= 11 is 0. The van der Waals surface area contributed by atoms with E-state index in [4.69, 9.17) is 9.84 Å². The van der Waals surface area contributed by atoms with Crippen LogP contribution in [0.4, 0.5) is 13.6 Å². The number of rotatable bonds is 5. The number of aliphatic carboxylic acids is 1. The number of alkyl halides is 2. The molecule has 114 valence electrons. The molecule has 0 heterocycles. The molecule has 1 aliphatic carbocycles. The molecule has 1 aliphatic rings. The third-order valence-corrected chi connectivity index (χ3v) is 3.35. The maximum absolute atomic E-state index is 12.8. The van der Waals surface area contributed by atoms with Crippen molar-refractivity contribution in [3.63, 3.8) is 0 Å². The summed E-state index contributed by atoms with van der Waals surface area (Å²) in [6.07, 6.45) is -2.01. The summed E-state index contributed by atoms with van der Waals surface area (Å²) < 4.78 is 30.4. The monoisotopic (exact) mass is 299 g/mol. The van der Waals surface area contributed by atoms with Crippen LogP contribution in [0.15, 0.2) is 30.3 Å². The minimum absolute atomic E-state index is 0.0140. The Hall–Kier alpha value is -2.18. The van der Waals surface area contributed by atoms with Crippen molar-refractivity contribution < 1.29 is 28.2 Å². The summed E-state index contributed by atoms with van der Waals surface area (Å²) in [5.41, 5.74) is 0.745. The van der Waals surface area contributed by atoms with Crippen molar-refractivity contribution in [3.8, 4) is 0 Å². The normalized spacial score (nSPS) is 18.4. The Morgan fingerprint density at radius 3 is 2.48 bits per heavy atom. The Balaban J connectivity index is 1.83. The maximum atomic E-state index is 12.8. The minimum Gasteiger partial charge on any atom is -0.480 e. The lowest BCUT2D eigenvalue weighted by Gasteiger charge is -2.38. The SMILES string of the molecule is O=C(N[C@@H](C(=O)O)C1CC(F)(F)C1)OCc1ccccc1. The lowest BCUT2D eigenvalue weighted by Crippen LogP contribution is -2.53. The van der Waals surface area contributed by atoms with Gasteiger partial charge in [-0.25, -0.2) is 18.4 Å². The van der Waals surface area contributed by atoms with Crippen molar-refractivity contribution >= 4 is 12.1 Å². The van der Waals surface area contributed by atoms with E-state index >= 15 is 0 Å². The van der Waals surface area contributed by atoms with Gasteiger partial charge in [0.1, 0.15) is 12.6 Å². The van der Waals surface area contributed by atoms with E-state index in [0.29, 0.717) is 0 Å². The molecule has 0 aliphatic heterocycles. The molecule has 1 aromatic carbocycles. The predicted octanol–water partition coefficient (Wildman–Crippen LogP) is 2.41. The van der Waals surface area contributed by atoms with E-state index < -0.39 is 42.8 Å². The van der Waals surface area contributed by atoms with Gasteiger partial charge in [-0.05, 0) is 5.56 Å². The Morgan fingerprint density at radius 2 is 1.95 bits per heavy atom. The second-order valence-corrected chi connectivity index (χ2v) is 5.05. The topological polar surface area (TPSA) is 75.6 Å². The largest absolute Gasteiger partial charge is 0.480 e. The molecule has 0 saturated heterocycles. The molecule has 1 amide bonds. The summed E-state index contributed by atoms with van der Waals surface area (Å²) in [5, 5.41) is 11.1. The van der Waals surface area contributed by atoms with E-state index in [0.717, 1.165) is 5.56 Å². The summed E-state index contributed by atoms with van der Waals surface area (Å²) in [5.74, 6) is -4.96. The zero-order valence-corrected chi connectivity index (χ0v) is 11.1. The number of carboxylic acid groups (broad SMARTS) is 1. The molecule has 7 heteroatoms. The van der Waals surface area contributed by atoms with Gasteiger partial charge in [0.15, 0.2) is 0 Å². The first kappa shape index (κ1) is 15.2. The Morgan fingerprint density at radius 1 is 1.33 bits per heavy atom. The summed E-state index contributed by atoms with van der Waals surface area (Å²) in [7, 11) is 0. The van der Waals surface area contributed by atoms with E-state index in [1.54, 1.807) is 30.3 Å². The fraction of sp³-hybridized carbons (Fsp3) is 0.429. The molecule has 1 saturated carbocycles. The molecule has 2 N–H and O–H groups in total. The number of halogens is 2. The van der Waals surface area contributed by atoms with E-state index in [1.165, 1.54) is 0 Å². The number of amides is 1. The Kier molecular flexibility index (Phi) is 4.40. The van der Waals surface area contributed by atoms with Gasteiger partial charge in [-0.2, -0.15) is 0 Å². The molecule has 21 heavy (non-hydrogen) atoms. The van der Waals surface area contributed by atoms with Crippen LogP contribution in [0.1, 0.15) is 18.4 Å². The van der Waals surface area contributed by atoms with Crippen molar-refractivity contribution in [2.24, 2.45) is 5.92 Å². The molecule has 1 aromatic rings. The van der Waals surface area contributed by atoms with Crippen molar-refractivity contribution in [1.29, 1.82) is 0 Å². The molecule has 2 rings (SSSR count). The standard InChI is InChI=1S/C14H15F2NO4/c15-14(16)6-10(7-14)11(12(18)19)17-13(20)21-8-9-4-2-1-3-5-9/h1-5,10-11H,6-8H2,(H,17,20)(H,18,19)/t11-/m1/s1. The number of alkyl carbamates (subject to hydrolysis) is 1. The Bertz CT molecular complexity index is 513. The third-order valence-electron chi connectivity index (χ3n) is 3.35. The lowest BCUT2D eigenvalue weighted by atomic mass is 9.76. The quantitative estimate of drug-likeness (QED) is 0.875. The number of carbonyl (C=O) groups is 2. The molecule has 0 aromatic heterocycles. The molecule has 1 fully saturated rings. The summed E-state index contributed by atoms with van der Waals surface area (Å²) in [6, 6.07) is 7.48. The average molecular weight is 299 g/mol. The molecule has 0 unspecified atom stereocenters.